The molecule has 4 aliphatic carbocycles. The van der Waals surface area contributed by atoms with Gasteiger partial charge in [-0.2, -0.15) is 4.89 Å². The average molecular weight is 466 g/mol. The molecule has 0 aliphatic heterocycles. The number of allylic oxidation sites excluding steroid dienone is 2. The molecule has 3 fully saturated rings. The van der Waals surface area contributed by atoms with Crippen LogP contribution < -0.4 is 0 Å². The topological polar surface area (TPSA) is 74.6 Å². The number of nitrogens with zero attached hydrogens (tertiary/aromatic N) is 1. The minimum atomic E-state index is -2.20. The first-order valence-corrected chi connectivity index (χ1v) is 14.1. The largest absolute Gasteiger partial charge is 0.541 e. The van der Waals surface area contributed by atoms with Crippen LogP contribution in [0.1, 0.15) is 92.9 Å². The molecule has 0 heterocycles. The van der Waals surface area contributed by atoms with E-state index < -0.39 is 12.7 Å². The normalized spacial score (nSPS) is 42.2. The van der Waals surface area contributed by atoms with E-state index in [1.54, 1.807) is 0 Å². The van der Waals surface area contributed by atoms with Gasteiger partial charge in [0.25, 0.3) is 0 Å². The summed E-state index contributed by atoms with van der Waals surface area (Å²) < 4.78 is 11.3. The molecule has 6 heteroatoms. The van der Waals surface area contributed by atoms with E-state index in [1.807, 2.05) is 27.7 Å². The first kappa shape index (κ1) is 24.5. The maximum atomic E-state index is 13.8. The molecule has 3 saturated carbocycles. The van der Waals surface area contributed by atoms with Crippen LogP contribution >= 0.6 is 8.03 Å². The molecule has 0 aromatic rings. The molecular formula is C26H44NO4P+2. The van der Waals surface area contributed by atoms with Crippen molar-refractivity contribution >= 4 is 13.9 Å². The molecule has 180 valence electrons. The van der Waals surface area contributed by atoms with Crippen molar-refractivity contribution in [3.05, 3.63) is 11.4 Å². The van der Waals surface area contributed by atoms with Gasteiger partial charge in [0.15, 0.2) is 5.31 Å². The monoisotopic (exact) mass is 465 g/mol. The maximum Gasteiger partial charge on any atom is 0.541 e. The highest BCUT2D eigenvalue weighted by atomic mass is 31.1. The number of quaternary nitrogens is 1. The molecule has 4 rings (SSSR count). The number of fused-ring (bicyclic) bond motifs is 5. The highest BCUT2D eigenvalue weighted by Crippen LogP contribution is 2.68. The number of amides is 1. The van der Waals surface area contributed by atoms with Gasteiger partial charge >= 0.3 is 13.9 Å². The van der Waals surface area contributed by atoms with Gasteiger partial charge in [-0.3, -0.25) is 0 Å². The van der Waals surface area contributed by atoms with Gasteiger partial charge in [-0.1, -0.05) is 13.8 Å². The summed E-state index contributed by atoms with van der Waals surface area (Å²) in [5.74, 6) is 2.18. The fourth-order valence-electron chi connectivity index (χ4n) is 8.76. The van der Waals surface area contributed by atoms with Crippen molar-refractivity contribution in [3.8, 4) is 0 Å². The minimum absolute atomic E-state index is 0.0262. The van der Waals surface area contributed by atoms with E-state index in [4.69, 9.17) is 0 Å². The van der Waals surface area contributed by atoms with Crippen molar-refractivity contribution in [2.24, 2.45) is 40.4 Å². The molecule has 2 N–H and O–H groups in total. The fourth-order valence-corrected chi connectivity index (χ4v) is 9.37. The second kappa shape index (κ2) is 8.26. The Bertz CT molecular complexity index is 815. The van der Waals surface area contributed by atoms with Crippen molar-refractivity contribution in [3.63, 3.8) is 0 Å². The number of hydrogen-bond donors (Lipinski definition) is 2. The number of carbonyl (C=O) groups excluding carboxylic acids is 1. The second-order valence-corrected chi connectivity index (χ2v) is 13.6. The van der Waals surface area contributed by atoms with Crippen molar-refractivity contribution in [1.82, 2.24) is 0 Å². The van der Waals surface area contributed by atoms with Crippen LogP contribution in [0.2, 0.25) is 0 Å². The van der Waals surface area contributed by atoms with Gasteiger partial charge in [0.2, 0.25) is 0 Å². The van der Waals surface area contributed by atoms with E-state index in [0.717, 1.165) is 56.7 Å². The highest BCUT2D eigenvalue weighted by Gasteiger charge is 2.64. The zero-order valence-electron chi connectivity index (χ0n) is 20.9. The molecule has 0 radical (unpaired) electrons. The first-order valence-electron chi connectivity index (χ1n) is 12.9. The summed E-state index contributed by atoms with van der Waals surface area (Å²) in [5, 5.41) is 12.2. The van der Waals surface area contributed by atoms with Crippen LogP contribution in [0.3, 0.4) is 0 Å². The van der Waals surface area contributed by atoms with E-state index in [0.29, 0.717) is 23.7 Å². The molecule has 0 spiro atoms. The van der Waals surface area contributed by atoms with Crippen molar-refractivity contribution in [2.75, 3.05) is 0 Å². The molecule has 0 saturated heterocycles. The summed E-state index contributed by atoms with van der Waals surface area (Å²) in [7, 11) is -2.20. The van der Waals surface area contributed by atoms with Gasteiger partial charge in [-0.05, 0) is 118 Å². The Hall–Kier alpha value is -0.610. The summed E-state index contributed by atoms with van der Waals surface area (Å²) in [6.45, 7) is 12.6. The maximum absolute atomic E-state index is 13.8. The van der Waals surface area contributed by atoms with Gasteiger partial charge in [0.05, 0.1) is 5.92 Å². The van der Waals surface area contributed by atoms with Crippen LogP contribution in [-0.2, 0) is 9.36 Å². The smallest absolute Gasteiger partial charge is 0.227 e. The number of hydroxylamine groups is 3. The number of hydrogen-bond acceptors (Lipinski definition) is 3. The molecule has 32 heavy (non-hydrogen) atoms. The van der Waals surface area contributed by atoms with Crippen LogP contribution in [0.25, 0.3) is 0 Å². The van der Waals surface area contributed by atoms with E-state index in [2.05, 4.69) is 19.9 Å². The molecule has 8 atom stereocenters. The lowest BCUT2D eigenvalue weighted by molar-refractivity contribution is -1.07. The summed E-state index contributed by atoms with van der Waals surface area (Å²) in [6, 6.07) is -0.283. The minimum Gasteiger partial charge on any atom is -0.227 e. The zero-order chi connectivity index (χ0) is 23.6. The number of rotatable bonds is 4. The molecule has 5 nitrogen and oxygen atoms in total. The summed E-state index contributed by atoms with van der Waals surface area (Å²) >= 11 is 0. The summed E-state index contributed by atoms with van der Waals surface area (Å²) in [6.07, 6.45) is 10.3. The molecule has 0 aromatic heterocycles. The van der Waals surface area contributed by atoms with E-state index in [9.17, 15) is 19.5 Å². The van der Waals surface area contributed by atoms with E-state index >= 15 is 0 Å². The SMILES string of the molecule is CC(C)[N+](O)(C(=O)[C@H]1CC[C@H]2[C@@H]3CC[C@H]4C=C([P+](=O)O)CC[C@]4(C)[C@H]3CC[C@]12C)C(C)C. The molecule has 0 bridgehead atoms. The first-order chi connectivity index (χ1) is 14.9. The summed E-state index contributed by atoms with van der Waals surface area (Å²) in [4.78, 5) is 23.5. The van der Waals surface area contributed by atoms with Gasteiger partial charge in [-0.15, -0.1) is 4.65 Å². The van der Waals surface area contributed by atoms with Crippen molar-refractivity contribution in [2.45, 2.75) is 105 Å². The van der Waals surface area contributed by atoms with Gasteiger partial charge in [0, 0.05) is 6.42 Å². The van der Waals surface area contributed by atoms with Gasteiger partial charge < -0.3 is 0 Å². The Morgan fingerprint density at radius 3 is 2.22 bits per heavy atom. The lowest BCUT2D eigenvalue weighted by Crippen LogP contribution is -2.63. The Balaban J connectivity index is 1.60. The van der Waals surface area contributed by atoms with E-state index in [1.165, 1.54) is 0 Å². The third kappa shape index (κ3) is 3.41. The van der Waals surface area contributed by atoms with Gasteiger partial charge in [0.1, 0.15) is 12.1 Å². The standard InChI is InChI=1S/C26H43NO4P/c1-16(2)27(29,17(3)4)24(28)23-10-9-21-20-8-7-18-15-19(32(30)31)11-13-25(18,5)22(20)12-14-26(21,23)6/h15-18,20-23,29H,7-14H2,1-6H3/q+1/p+1/t18-,20-,21-,22-,23+,25-,26-/m0/s1. The lowest BCUT2D eigenvalue weighted by atomic mass is 9.45. The predicted octanol–water partition coefficient (Wildman–Crippen LogP) is 6.42. The van der Waals surface area contributed by atoms with Crippen LogP contribution in [0, 0.1) is 40.4 Å². The Morgan fingerprint density at radius 2 is 1.62 bits per heavy atom. The molecule has 1 amide bonds. The number of carbonyl (C=O) groups is 1. The second-order valence-electron chi connectivity index (χ2n) is 12.4. The Morgan fingerprint density at radius 1 is 1.00 bits per heavy atom. The highest BCUT2D eigenvalue weighted by molar-refractivity contribution is 7.43. The molecule has 4 aliphatic rings. The lowest BCUT2D eigenvalue weighted by Gasteiger charge is -2.59. The van der Waals surface area contributed by atoms with Crippen LogP contribution in [-0.4, -0.2) is 32.7 Å². The Kier molecular flexibility index (Phi) is 6.32. The Labute approximate surface area is 195 Å². The summed E-state index contributed by atoms with van der Waals surface area (Å²) in [5.41, 5.74) is 0.176. The fraction of sp³-hybridized carbons (Fsp3) is 0.885. The predicted molar refractivity (Wildman–Crippen MR) is 126 cm³/mol. The molecular weight excluding hydrogens is 421 g/mol. The van der Waals surface area contributed by atoms with Crippen LogP contribution in [0.5, 0.6) is 0 Å². The zero-order valence-corrected chi connectivity index (χ0v) is 21.8. The van der Waals surface area contributed by atoms with Crippen LogP contribution in [0.4, 0.5) is 0 Å². The third-order valence-corrected chi connectivity index (χ3v) is 11.6. The third-order valence-electron chi connectivity index (χ3n) is 10.7. The van der Waals surface area contributed by atoms with Gasteiger partial charge in [-0.25, -0.2) is 10.0 Å². The average Bonchev–Trinajstić information content (AvgIpc) is 3.08. The molecule has 1 unspecified atom stereocenters. The van der Waals surface area contributed by atoms with Crippen LogP contribution in [0.15, 0.2) is 11.4 Å². The van der Waals surface area contributed by atoms with Crippen molar-refractivity contribution < 1.29 is 24.1 Å². The molecule has 0 aromatic carbocycles. The van der Waals surface area contributed by atoms with Crippen molar-refractivity contribution in [1.29, 1.82) is 0 Å². The van der Waals surface area contributed by atoms with E-state index in [-0.39, 0.29) is 34.7 Å². The quantitative estimate of drug-likeness (QED) is 0.217.